The second-order valence-corrected chi connectivity index (χ2v) is 6.41. The van der Waals surface area contributed by atoms with Gasteiger partial charge in [-0.05, 0) is 55.5 Å². The van der Waals surface area contributed by atoms with Crippen LogP contribution in [0.15, 0.2) is 53.4 Å². The molecular weight excluding hydrogens is 304 g/mol. The summed E-state index contributed by atoms with van der Waals surface area (Å²) in [5.74, 6) is -0.0408. The summed E-state index contributed by atoms with van der Waals surface area (Å²) >= 11 is 1.66. The molecule has 4 heteroatoms. The zero-order valence-corrected chi connectivity index (χ0v) is 14.7. The summed E-state index contributed by atoms with van der Waals surface area (Å²) in [7, 11) is 0. The minimum atomic E-state index is -0.301. The molecule has 0 saturated heterocycles. The van der Waals surface area contributed by atoms with Crippen LogP contribution in [-0.4, -0.2) is 18.2 Å². The van der Waals surface area contributed by atoms with E-state index in [0.29, 0.717) is 0 Å². The molecule has 1 atom stereocenters. The predicted molar refractivity (Wildman–Crippen MR) is 100 cm³/mol. The number of hydrogen-bond acceptors (Lipinski definition) is 3. The van der Waals surface area contributed by atoms with E-state index in [0.717, 1.165) is 29.1 Å². The molecular formula is C19H24N2OS. The first kappa shape index (κ1) is 17.4. The average molecular weight is 328 g/mol. The van der Waals surface area contributed by atoms with E-state index in [2.05, 4.69) is 29.7 Å². The number of hydrogen-bond donors (Lipinski definition) is 2. The number of carbonyl (C=O) groups is 1. The third-order valence-electron chi connectivity index (χ3n) is 3.61. The van der Waals surface area contributed by atoms with Gasteiger partial charge in [-0.25, -0.2) is 0 Å². The average Bonchev–Trinajstić information content (AvgIpc) is 2.57. The van der Waals surface area contributed by atoms with Crippen LogP contribution < -0.4 is 10.6 Å². The molecule has 1 unspecified atom stereocenters. The topological polar surface area (TPSA) is 41.1 Å². The van der Waals surface area contributed by atoms with Crippen molar-refractivity contribution in [2.45, 2.75) is 37.6 Å². The molecule has 2 aromatic carbocycles. The van der Waals surface area contributed by atoms with Gasteiger partial charge in [0.15, 0.2) is 0 Å². The number of carbonyl (C=O) groups excluding carboxylic acids is 1. The van der Waals surface area contributed by atoms with E-state index in [-0.39, 0.29) is 11.9 Å². The lowest BCUT2D eigenvalue weighted by molar-refractivity contribution is -0.116. The van der Waals surface area contributed by atoms with E-state index in [1.807, 2.05) is 49.6 Å². The van der Waals surface area contributed by atoms with Gasteiger partial charge in [-0.1, -0.05) is 31.5 Å². The number of aryl methyl sites for hydroxylation is 1. The van der Waals surface area contributed by atoms with Crippen molar-refractivity contribution in [3.63, 3.8) is 0 Å². The second-order valence-electron chi connectivity index (χ2n) is 5.53. The molecule has 2 N–H and O–H groups in total. The van der Waals surface area contributed by atoms with Gasteiger partial charge in [-0.3, -0.25) is 4.79 Å². The summed E-state index contributed by atoms with van der Waals surface area (Å²) in [5.41, 5.74) is 3.11. The summed E-state index contributed by atoms with van der Waals surface area (Å²) in [6, 6.07) is 15.8. The minimum absolute atomic E-state index is 0.0408. The van der Waals surface area contributed by atoms with Crippen molar-refractivity contribution >= 4 is 29.0 Å². The maximum atomic E-state index is 12.3. The van der Waals surface area contributed by atoms with Crippen LogP contribution in [0.3, 0.4) is 0 Å². The normalized spacial score (nSPS) is 11.8. The highest BCUT2D eigenvalue weighted by atomic mass is 32.2. The first-order valence-electron chi connectivity index (χ1n) is 7.92. The Kier molecular flexibility index (Phi) is 6.53. The fourth-order valence-corrected chi connectivity index (χ4v) is 2.78. The summed E-state index contributed by atoms with van der Waals surface area (Å²) < 4.78 is 0. The van der Waals surface area contributed by atoms with Crippen LogP contribution in [0, 0.1) is 0 Å². The monoisotopic (exact) mass is 328 g/mol. The molecule has 3 nitrogen and oxygen atoms in total. The molecule has 0 aliphatic rings. The van der Waals surface area contributed by atoms with Gasteiger partial charge in [0.25, 0.3) is 0 Å². The Hall–Kier alpha value is -1.94. The first-order valence-corrected chi connectivity index (χ1v) is 9.15. The van der Waals surface area contributed by atoms with Gasteiger partial charge >= 0.3 is 0 Å². The standard InChI is InChI=1S/C19H24N2OS/c1-4-6-15-9-11-16(12-10-15)20-14(2)19(22)21-17-7-5-8-18(13-17)23-3/h5,7-14,20H,4,6H2,1-3H3,(H,21,22). The third-order valence-corrected chi connectivity index (χ3v) is 4.33. The lowest BCUT2D eigenvalue weighted by Gasteiger charge is -2.16. The molecule has 2 rings (SSSR count). The lowest BCUT2D eigenvalue weighted by Crippen LogP contribution is -2.31. The van der Waals surface area contributed by atoms with Crippen molar-refractivity contribution in [2.24, 2.45) is 0 Å². The number of benzene rings is 2. The molecule has 0 aliphatic heterocycles. The zero-order chi connectivity index (χ0) is 16.7. The number of thioether (sulfide) groups is 1. The summed E-state index contributed by atoms with van der Waals surface area (Å²) in [5, 5.41) is 6.20. The van der Waals surface area contributed by atoms with Gasteiger partial charge in [0.05, 0.1) is 0 Å². The fraction of sp³-hybridized carbons (Fsp3) is 0.316. The van der Waals surface area contributed by atoms with Gasteiger partial charge in [0.1, 0.15) is 6.04 Å². The van der Waals surface area contributed by atoms with Gasteiger partial charge in [-0.15, -0.1) is 11.8 Å². The first-order chi connectivity index (χ1) is 11.1. The molecule has 0 heterocycles. The van der Waals surface area contributed by atoms with Crippen molar-refractivity contribution in [2.75, 3.05) is 16.9 Å². The summed E-state index contributed by atoms with van der Waals surface area (Å²) in [6.45, 7) is 4.04. The molecule has 0 saturated carbocycles. The van der Waals surface area contributed by atoms with Crippen molar-refractivity contribution in [1.29, 1.82) is 0 Å². The van der Waals surface area contributed by atoms with Gasteiger partial charge in [-0.2, -0.15) is 0 Å². The summed E-state index contributed by atoms with van der Waals surface area (Å²) in [4.78, 5) is 13.4. The number of amides is 1. The van der Waals surface area contributed by atoms with Crippen LogP contribution in [0.4, 0.5) is 11.4 Å². The van der Waals surface area contributed by atoms with Crippen molar-refractivity contribution in [3.05, 3.63) is 54.1 Å². The zero-order valence-electron chi connectivity index (χ0n) is 13.9. The van der Waals surface area contributed by atoms with Gasteiger partial charge in [0.2, 0.25) is 5.91 Å². The van der Waals surface area contributed by atoms with E-state index < -0.39 is 0 Å². The van der Waals surface area contributed by atoms with Crippen LogP contribution >= 0.6 is 11.8 Å². The highest BCUT2D eigenvalue weighted by Gasteiger charge is 2.13. The van der Waals surface area contributed by atoms with E-state index in [1.165, 1.54) is 5.56 Å². The van der Waals surface area contributed by atoms with E-state index >= 15 is 0 Å². The molecule has 1 amide bonds. The second kappa shape index (κ2) is 8.63. The Morgan fingerprint density at radius 3 is 2.52 bits per heavy atom. The van der Waals surface area contributed by atoms with Crippen LogP contribution in [0.25, 0.3) is 0 Å². The minimum Gasteiger partial charge on any atom is -0.374 e. The van der Waals surface area contributed by atoms with Crippen molar-refractivity contribution in [3.8, 4) is 0 Å². The predicted octanol–water partition coefficient (Wildman–Crippen LogP) is 4.80. The van der Waals surface area contributed by atoms with Crippen molar-refractivity contribution < 1.29 is 4.79 Å². The largest absolute Gasteiger partial charge is 0.374 e. The van der Waals surface area contributed by atoms with Crippen LogP contribution in [0.5, 0.6) is 0 Å². The molecule has 23 heavy (non-hydrogen) atoms. The molecule has 0 aromatic heterocycles. The Morgan fingerprint density at radius 2 is 1.87 bits per heavy atom. The Labute approximate surface area is 142 Å². The van der Waals surface area contributed by atoms with Crippen LogP contribution in [0.2, 0.25) is 0 Å². The lowest BCUT2D eigenvalue weighted by atomic mass is 10.1. The van der Waals surface area contributed by atoms with E-state index in [9.17, 15) is 4.79 Å². The molecule has 0 radical (unpaired) electrons. The molecule has 0 spiro atoms. The molecule has 2 aromatic rings. The smallest absolute Gasteiger partial charge is 0.246 e. The quantitative estimate of drug-likeness (QED) is 0.717. The van der Waals surface area contributed by atoms with Gasteiger partial charge < -0.3 is 10.6 Å². The fourth-order valence-electron chi connectivity index (χ4n) is 2.32. The Morgan fingerprint density at radius 1 is 1.13 bits per heavy atom. The SMILES string of the molecule is CCCc1ccc(NC(C)C(=O)Nc2cccc(SC)c2)cc1. The van der Waals surface area contributed by atoms with E-state index in [1.54, 1.807) is 11.8 Å². The number of nitrogens with one attached hydrogen (secondary N) is 2. The van der Waals surface area contributed by atoms with Crippen molar-refractivity contribution in [1.82, 2.24) is 0 Å². The van der Waals surface area contributed by atoms with Crippen LogP contribution in [0.1, 0.15) is 25.8 Å². The highest BCUT2D eigenvalue weighted by molar-refractivity contribution is 7.98. The molecule has 0 bridgehead atoms. The van der Waals surface area contributed by atoms with E-state index in [4.69, 9.17) is 0 Å². The van der Waals surface area contributed by atoms with Gasteiger partial charge in [0, 0.05) is 16.3 Å². The third kappa shape index (κ3) is 5.32. The summed E-state index contributed by atoms with van der Waals surface area (Å²) in [6.07, 6.45) is 4.25. The molecule has 0 fully saturated rings. The number of rotatable bonds is 7. The number of anilines is 2. The molecule has 0 aliphatic carbocycles. The molecule has 122 valence electrons. The Balaban J connectivity index is 1.93. The highest BCUT2D eigenvalue weighted by Crippen LogP contribution is 2.19. The van der Waals surface area contributed by atoms with Crippen LogP contribution in [-0.2, 0) is 11.2 Å². The maximum absolute atomic E-state index is 12.3. The maximum Gasteiger partial charge on any atom is 0.246 e. The Bertz CT molecular complexity index is 640.